The number of ether oxygens (including phenoxy) is 1. The second-order valence-corrected chi connectivity index (χ2v) is 6.40. The lowest BCUT2D eigenvalue weighted by molar-refractivity contribution is 0.0708. The van der Waals surface area contributed by atoms with Crippen molar-refractivity contribution in [2.75, 3.05) is 26.0 Å². The zero-order chi connectivity index (χ0) is 14.4. The summed E-state index contributed by atoms with van der Waals surface area (Å²) in [5.74, 6) is 0. The van der Waals surface area contributed by atoms with Crippen LogP contribution < -0.4 is 10.6 Å². The van der Waals surface area contributed by atoms with Gasteiger partial charge < -0.3 is 15.4 Å². The van der Waals surface area contributed by atoms with E-state index in [0.29, 0.717) is 18.1 Å². The summed E-state index contributed by atoms with van der Waals surface area (Å²) >= 11 is 1.78. The summed E-state index contributed by atoms with van der Waals surface area (Å²) in [6.07, 6.45) is 3.21. The molecule has 1 aliphatic heterocycles. The van der Waals surface area contributed by atoms with Gasteiger partial charge in [0.2, 0.25) is 0 Å². The molecule has 0 aromatic heterocycles. The molecule has 4 heteroatoms. The van der Waals surface area contributed by atoms with Crippen LogP contribution in [-0.2, 0) is 4.74 Å². The van der Waals surface area contributed by atoms with Crippen LogP contribution in [-0.4, -0.2) is 38.1 Å². The summed E-state index contributed by atoms with van der Waals surface area (Å²) in [4.78, 5) is 1.32. The molecule has 3 unspecified atom stereocenters. The molecule has 1 aromatic carbocycles. The van der Waals surface area contributed by atoms with E-state index in [2.05, 4.69) is 55.0 Å². The predicted octanol–water partition coefficient (Wildman–Crippen LogP) is 2.83. The Morgan fingerprint density at radius 2 is 2.10 bits per heavy atom. The predicted molar refractivity (Wildman–Crippen MR) is 86.5 cm³/mol. The van der Waals surface area contributed by atoms with Crippen LogP contribution in [0.25, 0.3) is 0 Å². The van der Waals surface area contributed by atoms with Gasteiger partial charge in [-0.25, -0.2) is 0 Å². The number of morpholine rings is 1. The molecule has 0 amide bonds. The molecule has 112 valence electrons. The quantitative estimate of drug-likeness (QED) is 0.791. The number of nitrogens with one attached hydrogen (secondary N) is 2. The van der Waals surface area contributed by atoms with Gasteiger partial charge in [-0.1, -0.05) is 12.1 Å². The van der Waals surface area contributed by atoms with Crippen LogP contribution in [0.4, 0.5) is 0 Å². The molecule has 3 nitrogen and oxygen atoms in total. The highest BCUT2D eigenvalue weighted by atomic mass is 32.2. The third-order valence-corrected chi connectivity index (χ3v) is 4.53. The Kier molecular flexibility index (Phi) is 6.36. The van der Waals surface area contributed by atoms with Crippen molar-refractivity contribution in [3.8, 4) is 0 Å². The molecule has 0 spiro atoms. The van der Waals surface area contributed by atoms with E-state index < -0.39 is 0 Å². The molecule has 1 aromatic rings. The van der Waals surface area contributed by atoms with Crippen molar-refractivity contribution in [3.63, 3.8) is 0 Å². The molecule has 1 saturated heterocycles. The van der Waals surface area contributed by atoms with Crippen molar-refractivity contribution >= 4 is 11.8 Å². The van der Waals surface area contributed by atoms with Gasteiger partial charge in [0.05, 0.1) is 13.2 Å². The van der Waals surface area contributed by atoms with Gasteiger partial charge in [-0.15, -0.1) is 11.8 Å². The number of rotatable bonds is 6. The summed E-state index contributed by atoms with van der Waals surface area (Å²) in [5.41, 5.74) is 1.35. The van der Waals surface area contributed by atoms with E-state index in [1.165, 1.54) is 10.5 Å². The maximum Gasteiger partial charge on any atom is 0.0620 e. The van der Waals surface area contributed by atoms with Gasteiger partial charge in [-0.3, -0.25) is 0 Å². The topological polar surface area (TPSA) is 33.3 Å². The summed E-state index contributed by atoms with van der Waals surface area (Å²) < 4.78 is 5.51. The SMILES string of the molecule is CSc1ccc(C(C)NC(C)CC2COCCN2)cc1. The summed E-state index contributed by atoms with van der Waals surface area (Å²) in [6.45, 7) is 7.14. The third kappa shape index (κ3) is 4.77. The van der Waals surface area contributed by atoms with Gasteiger partial charge in [0, 0.05) is 29.6 Å². The maximum atomic E-state index is 5.51. The zero-order valence-electron chi connectivity index (χ0n) is 12.7. The van der Waals surface area contributed by atoms with E-state index in [1.807, 2.05) is 0 Å². The van der Waals surface area contributed by atoms with Crippen molar-refractivity contribution < 1.29 is 4.74 Å². The first kappa shape index (κ1) is 15.8. The number of thioether (sulfide) groups is 1. The molecule has 1 aliphatic rings. The second-order valence-electron chi connectivity index (χ2n) is 5.52. The molecule has 1 heterocycles. The summed E-state index contributed by atoms with van der Waals surface area (Å²) in [5, 5.41) is 7.19. The highest BCUT2D eigenvalue weighted by Gasteiger charge is 2.17. The van der Waals surface area contributed by atoms with E-state index in [4.69, 9.17) is 4.74 Å². The van der Waals surface area contributed by atoms with Gasteiger partial charge >= 0.3 is 0 Å². The Labute approximate surface area is 126 Å². The molecule has 2 N–H and O–H groups in total. The fourth-order valence-corrected chi connectivity index (χ4v) is 3.09. The molecule has 20 heavy (non-hydrogen) atoms. The van der Waals surface area contributed by atoms with E-state index in [-0.39, 0.29) is 0 Å². The van der Waals surface area contributed by atoms with Gasteiger partial charge in [0.15, 0.2) is 0 Å². The highest BCUT2D eigenvalue weighted by Crippen LogP contribution is 2.19. The lowest BCUT2D eigenvalue weighted by atomic mass is 10.0. The van der Waals surface area contributed by atoms with Crippen molar-refractivity contribution in [1.29, 1.82) is 0 Å². The average Bonchev–Trinajstić information content (AvgIpc) is 2.48. The molecule has 0 saturated carbocycles. The molecule has 0 bridgehead atoms. The molecular formula is C16H26N2OS. The van der Waals surface area contributed by atoms with Crippen LogP contribution in [0.1, 0.15) is 31.9 Å². The van der Waals surface area contributed by atoms with Crippen molar-refractivity contribution in [1.82, 2.24) is 10.6 Å². The van der Waals surface area contributed by atoms with E-state index in [9.17, 15) is 0 Å². The Morgan fingerprint density at radius 3 is 2.70 bits per heavy atom. The minimum Gasteiger partial charge on any atom is -0.379 e. The number of hydrogen-bond donors (Lipinski definition) is 2. The monoisotopic (exact) mass is 294 g/mol. The molecule has 2 rings (SSSR count). The van der Waals surface area contributed by atoms with Crippen LogP contribution in [0.5, 0.6) is 0 Å². The van der Waals surface area contributed by atoms with Gasteiger partial charge in [-0.05, 0) is 44.2 Å². The first-order valence-corrected chi connectivity index (χ1v) is 8.62. The van der Waals surface area contributed by atoms with E-state index in [1.54, 1.807) is 11.8 Å². The Balaban J connectivity index is 1.81. The van der Waals surface area contributed by atoms with Gasteiger partial charge in [-0.2, -0.15) is 0 Å². The minimum atomic E-state index is 0.380. The molecular weight excluding hydrogens is 268 g/mol. The van der Waals surface area contributed by atoms with Crippen LogP contribution in [0.2, 0.25) is 0 Å². The zero-order valence-corrected chi connectivity index (χ0v) is 13.5. The summed E-state index contributed by atoms with van der Waals surface area (Å²) in [7, 11) is 0. The smallest absolute Gasteiger partial charge is 0.0620 e. The lowest BCUT2D eigenvalue weighted by Gasteiger charge is -2.28. The van der Waals surface area contributed by atoms with Crippen molar-refractivity contribution in [3.05, 3.63) is 29.8 Å². The first-order valence-electron chi connectivity index (χ1n) is 7.40. The molecule has 1 fully saturated rings. The Morgan fingerprint density at radius 1 is 1.35 bits per heavy atom. The number of benzene rings is 1. The average molecular weight is 294 g/mol. The first-order chi connectivity index (χ1) is 9.69. The van der Waals surface area contributed by atoms with Crippen LogP contribution in [0.15, 0.2) is 29.2 Å². The maximum absolute atomic E-state index is 5.51. The fourth-order valence-electron chi connectivity index (χ4n) is 2.68. The largest absolute Gasteiger partial charge is 0.379 e. The van der Waals surface area contributed by atoms with E-state index >= 15 is 0 Å². The normalized spacial score (nSPS) is 22.4. The van der Waals surface area contributed by atoms with Gasteiger partial charge in [0.1, 0.15) is 0 Å². The van der Waals surface area contributed by atoms with Crippen LogP contribution in [0.3, 0.4) is 0 Å². The van der Waals surface area contributed by atoms with Gasteiger partial charge in [0.25, 0.3) is 0 Å². The standard InChI is InChI=1S/C16H26N2OS/c1-12(10-15-11-19-9-8-17-15)18-13(2)14-4-6-16(20-3)7-5-14/h4-7,12-13,15,17-18H,8-11H2,1-3H3. The van der Waals surface area contributed by atoms with Crippen LogP contribution in [0, 0.1) is 0 Å². The lowest BCUT2D eigenvalue weighted by Crippen LogP contribution is -2.45. The molecule has 3 atom stereocenters. The van der Waals surface area contributed by atoms with Crippen molar-refractivity contribution in [2.24, 2.45) is 0 Å². The summed E-state index contributed by atoms with van der Waals surface area (Å²) in [6, 6.07) is 10.2. The molecule has 0 radical (unpaired) electrons. The van der Waals surface area contributed by atoms with Crippen molar-refractivity contribution in [2.45, 2.75) is 43.3 Å². The number of hydrogen-bond acceptors (Lipinski definition) is 4. The Bertz CT molecular complexity index is 390. The van der Waals surface area contributed by atoms with E-state index in [0.717, 1.165) is 26.2 Å². The fraction of sp³-hybridized carbons (Fsp3) is 0.625. The highest BCUT2D eigenvalue weighted by molar-refractivity contribution is 7.98. The third-order valence-electron chi connectivity index (χ3n) is 3.79. The van der Waals surface area contributed by atoms with Crippen LogP contribution >= 0.6 is 11.8 Å². The molecule has 0 aliphatic carbocycles. The Hall–Kier alpha value is -0.550. The second kappa shape index (κ2) is 8.03. The minimum absolute atomic E-state index is 0.380.